The van der Waals surface area contributed by atoms with Crippen molar-refractivity contribution in [1.29, 1.82) is 5.26 Å². The van der Waals surface area contributed by atoms with E-state index in [4.69, 9.17) is 10.00 Å². The Morgan fingerprint density at radius 1 is 1.20 bits per heavy atom. The van der Waals surface area contributed by atoms with Crippen LogP contribution in [0.1, 0.15) is 24.2 Å². The van der Waals surface area contributed by atoms with Gasteiger partial charge in [-0.1, -0.05) is 12.1 Å². The molecular formula is C16H17N3O. The van der Waals surface area contributed by atoms with Crippen LogP contribution in [0, 0.1) is 11.3 Å². The van der Waals surface area contributed by atoms with Crippen molar-refractivity contribution in [2.45, 2.75) is 19.4 Å². The highest BCUT2D eigenvalue weighted by Crippen LogP contribution is 2.22. The van der Waals surface area contributed by atoms with Crippen LogP contribution in [0.3, 0.4) is 0 Å². The predicted octanol–water partition coefficient (Wildman–Crippen LogP) is 3.22. The number of nitrogens with zero attached hydrogens (tertiary/aromatic N) is 2. The van der Waals surface area contributed by atoms with Gasteiger partial charge in [0.2, 0.25) is 0 Å². The molecular weight excluding hydrogens is 250 g/mol. The van der Waals surface area contributed by atoms with Crippen molar-refractivity contribution in [3.8, 4) is 17.6 Å². The van der Waals surface area contributed by atoms with Gasteiger partial charge in [-0.15, -0.1) is 0 Å². The summed E-state index contributed by atoms with van der Waals surface area (Å²) in [6, 6.07) is 13.7. The summed E-state index contributed by atoms with van der Waals surface area (Å²) < 4.78 is 5.71. The maximum Gasteiger partial charge on any atom is 0.145 e. The van der Waals surface area contributed by atoms with Gasteiger partial charge in [0.05, 0.1) is 24.4 Å². The highest BCUT2D eigenvalue weighted by molar-refractivity contribution is 5.33. The highest BCUT2D eigenvalue weighted by Gasteiger charge is 2.04. The third kappa shape index (κ3) is 3.56. The molecule has 0 aliphatic carbocycles. The lowest BCUT2D eigenvalue weighted by Gasteiger charge is -2.10. The third-order valence-electron chi connectivity index (χ3n) is 3.08. The van der Waals surface area contributed by atoms with E-state index in [2.05, 4.69) is 23.3 Å². The molecule has 0 amide bonds. The fourth-order valence-corrected chi connectivity index (χ4v) is 1.76. The third-order valence-corrected chi connectivity index (χ3v) is 3.08. The Bertz CT molecular complexity index is 585. The number of hydrogen-bond acceptors (Lipinski definition) is 4. The number of aromatic nitrogens is 1. The molecule has 1 heterocycles. The number of rotatable bonds is 5. The molecule has 4 heteroatoms. The van der Waals surface area contributed by atoms with Gasteiger partial charge in [0, 0.05) is 6.04 Å². The number of nitriles is 1. The molecule has 102 valence electrons. The second kappa shape index (κ2) is 6.69. The summed E-state index contributed by atoms with van der Waals surface area (Å²) in [5, 5.41) is 11.8. The van der Waals surface area contributed by atoms with Gasteiger partial charge in [-0.05, 0) is 43.8 Å². The normalized spacial score (nSPS) is 11.7. The van der Waals surface area contributed by atoms with E-state index in [1.54, 1.807) is 6.20 Å². The molecule has 0 saturated heterocycles. The topological polar surface area (TPSA) is 57.9 Å². The number of nitrogens with one attached hydrogen (secondary N) is 1. The minimum absolute atomic E-state index is 0.217. The molecule has 1 N–H and O–H groups in total. The predicted molar refractivity (Wildman–Crippen MR) is 77.5 cm³/mol. The molecule has 1 aromatic heterocycles. The van der Waals surface area contributed by atoms with E-state index in [1.165, 1.54) is 0 Å². The fourth-order valence-electron chi connectivity index (χ4n) is 1.76. The SMILES string of the molecule is CNC(C)c1ccc(Oc2ccc(CC#N)cc2)cn1. The number of benzene rings is 1. The van der Waals surface area contributed by atoms with Crippen molar-refractivity contribution < 1.29 is 4.74 Å². The first-order valence-corrected chi connectivity index (χ1v) is 6.50. The Morgan fingerprint density at radius 3 is 2.45 bits per heavy atom. The summed E-state index contributed by atoms with van der Waals surface area (Å²) in [7, 11) is 1.90. The van der Waals surface area contributed by atoms with E-state index in [9.17, 15) is 0 Å². The lowest BCUT2D eigenvalue weighted by Crippen LogP contribution is -2.13. The van der Waals surface area contributed by atoms with Crippen LogP contribution in [0.15, 0.2) is 42.6 Å². The van der Waals surface area contributed by atoms with Crippen LogP contribution in [0.2, 0.25) is 0 Å². The molecule has 0 spiro atoms. The standard InChI is InChI=1S/C16H17N3O/c1-12(18-2)16-8-7-15(11-19-16)20-14-5-3-13(4-6-14)9-10-17/h3-8,11-12,18H,9H2,1-2H3. The zero-order valence-corrected chi connectivity index (χ0v) is 11.6. The van der Waals surface area contributed by atoms with Crippen LogP contribution in [-0.2, 0) is 6.42 Å². The van der Waals surface area contributed by atoms with E-state index >= 15 is 0 Å². The second-order valence-electron chi connectivity index (χ2n) is 4.51. The number of ether oxygens (including phenoxy) is 1. The molecule has 0 fully saturated rings. The Morgan fingerprint density at radius 2 is 1.90 bits per heavy atom. The van der Waals surface area contributed by atoms with Crippen molar-refractivity contribution in [2.75, 3.05) is 7.05 Å². The van der Waals surface area contributed by atoms with Gasteiger partial charge < -0.3 is 10.1 Å². The summed E-state index contributed by atoms with van der Waals surface area (Å²) in [5.74, 6) is 1.44. The summed E-state index contributed by atoms with van der Waals surface area (Å²) >= 11 is 0. The molecule has 0 bridgehead atoms. The van der Waals surface area contributed by atoms with E-state index in [-0.39, 0.29) is 6.04 Å². The van der Waals surface area contributed by atoms with E-state index in [0.29, 0.717) is 12.2 Å². The molecule has 4 nitrogen and oxygen atoms in total. The molecule has 1 atom stereocenters. The van der Waals surface area contributed by atoms with Crippen molar-refractivity contribution in [3.05, 3.63) is 53.9 Å². The minimum Gasteiger partial charge on any atom is -0.456 e. The smallest absolute Gasteiger partial charge is 0.145 e. The molecule has 20 heavy (non-hydrogen) atoms. The first kappa shape index (κ1) is 14.0. The summed E-state index contributed by atoms with van der Waals surface area (Å²) in [5.41, 5.74) is 1.96. The Hall–Kier alpha value is -2.38. The number of hydrogen-bond donors (Lipinski definition) is 1. The van der Waals surface area contributed by atoms with Crippen molar-refractivity contribution in [3.63, 3.8) is 0 Å². The lowest BCUT2D eigenvalue weighted by molar-refractivity contribution is 0.478. The van der Waals surface area contributed by atoms with Crippen LogP contribution in [0.4, 0.5) is 0 Å². The van der Waals surface area contributed by atoms with Gasteiger partial charge in [0.1, 0.15) is 11.5 Å². The monoisotopic (exact) mass is 267 g/mol. The van der Waals surface area contributed by atoms with Crippen LogP contribution in [0.5, 0.6) is 11.5 Å². The average molecular weight is 267 g/mol. The van der Waals surface area contributed by atoms with Gasteiger partial charge in [0.25, 0.3) is 0 Å². The fraction of sp³-hybridized carbons (Fsp3) is 0.250. The van der Waals surface area contributed by atoms with Gasteiger partial charge >= 0.3 is 0 Å². The van der Waals surface area contributed by atoms with Gasteiger partial charge in [-0.2, -0.15) is 5.26 Å². The van der Waals surface area contributed by atoms with Crippen molar-refractivity contribution >= 4 is 0 Å². The zero-order chi connectivity index (χ0) is 14.4. The Labute approximate surface area is 119 Å². The Balaban J connectivity index is 2.04. The summed E-state index contributed by atoms with van der Waals surface area (Å²) in [6.07, 6.45) is 2.13. The van der Waals surface area contributed by atoms with Gasteiger partial charge in [-0.3, -0.25) is 4.98 Å². The quantitative estimate of drug-likeness (QED) is 0.903. The van der Waals surface area contributed by atoms with Gasteiger partial charge in [0.15, 0.2) is 0 Å². The molecule has 2 aromatic rings. The van der Waals surface area contributed by atoms with Gasteiger partial charge in [-0.25, -0.2) is 0 Å². The van der Waals surface area contributed by atoms with E-state index < -0.39 is 0 Å². The summed E-state index contributed by atoms with van der Waals surface area (Å²) in [4.78, 5) is 4.36. The number of pyridine rings is 1. The molecule has 0 aliphatic rings. The van der Waals surface area contributed by atoms with Crippen LogP contribution in [-0.4, -0.2) is 12.0 Å². The van der Waals surface area contributed by atoms with Crippen molar-refractivity contribution in [1.82, 2.24) is 10.3 Å². The Kier molecular flexibility index (Phi) is 4.70. The van der Waals surface area contributed by atoms with Crippen molar-refractivity contribution in [2.24, 2.45) is 0 Å². The first-order chi connectivity index (χ1) is 9.72. The first-order valence-electron chi connectivity index (χ1n) is 6.50. The maximum atomic E-state index is 8.62. The molecule has 0 aliphatic heterocycles. The lowest BCUT2D eigenvalue weighted by atomic mass is 10.2. The molecule has 0 radical (unpaired) electrons. The molecule has 1 aromatic carbocycles. The zero-order valence-electron chi connectivity index (χ0n) is 11.6. The largest absolute Gasteiger partial charge is 0.456 e. The molecule has 1 unspecified atom stereocenters. The van der Waals surface area contributed by atoms with Crippen LogP contribution >= 0.6 is 0 Å². The molecule has 2 rings (SSSR count). The van der Waals surface area contributed by atoms with Crippen LogP contribution < -0.4 is 10.1 Å². The average Bonchev–Trinajstić information content (AvgIpc) is 2.49. The van der Waals surface area contributed by atoms with Crippen LogP contribution in [0.25, 0.3) is 0 Å². The second-order valence-corrected chi connectivity index (χ2v) is 4.51. The molecule has 0 saturated carbocycles. The summed E-state index contributed by atoms with van der Waals surface area (Å²) in [6.45, 7) is 2.05. The van der Waals surface area contributed by atoms with E-state index in [1.807, 2.05) is 43.4 Å². The maximum absolute atomic E-state index is 8.62. The van der Waals surface area contributed by atoms with E-state index in [0.717, 1.165) is 17.0 Å². The highest BCUT2D eigenvalue weighted by atomic mass is 16.5. The minimum atomic E-state index is 0.217.